The van der Waals surface area contributed by atoms with E-state index in [2.05, 4.69) is 59.2 Å². The summed E-state index contributed by atoms with van der Waals surface area (Å²) >= 11 is 0. The van der Waals surface area contributed by atoms with Crippen LogP contribution in [0.5, 0.6) is 0 Å². The third-order valence-electron chi connectivity index (χ3n) is 7.51. The monoisotopic (exact) mass is 566 g/mol. The summed E-state index contributed by atoms with van der Waals surface area (Å²) < 4.78 is 5.49. The van der Waals surface area contributed by atoms with Gasteiger partial charge in [-0.25, -0.2) is 4.79 Å². The van der Waals surface area contributed by atoms with Gasteiger partial charge in [-0.1, -0.05) is 76.6 Å². The molecule has 6 nitrogen and oxygen atoms in total. The third kappa shape index (κ3) is 8.10. The lowest BCUT2D eigenvalue weighted by molar-refractivity contribution is -0.301. The SMILES string of the molecule is C/C([O-])=C/C[P+](c1ccccc1)(c1ccccc1)[C@@H]1CCCC[C@H]1NC(=O)[C@@H](NC(=O)OC(C)(C)C)C(C)(C)C. The number of alkyl carbamates (subject to hydrolysis) is 1. The Morgan fingerprint density at radius 1 is 0.950 bits per heavy atom. The van der Waals surface area contributed by atoms with E-state index in [1.54, 1.807) is 27.7 Å². The fourth-order valence-electron chi connectivity index (χ4n) is 5.71. The number of rotatable bonds is 8. The third-order valence-corrected chi connectivity index (χ3v) is 12.5. The summed E-state index contributed by atoms with van der Waals surface area (Å²) in [7, 11) is -2.17. The van der Waals surface area contributed by atoms with Gasteiger partial charge in [0.25, 0.3) is 0 Å². The van der Waals surface area contributed by atoms with Crippen molar-refractivity contribution in [3.63, 3.8) is 0 Å². The summed E-state index contributed by atoms with van der Waals surface area (Å²) in [4.78, 5) is 26.7. The number of allylic oxidation sites excluding steroid dienone is 2. The average Bonchev–Trinajstić information content (AvgIpc) is 2.88. The Labute approximate surface area is 241 Å². The Morgan fingerprint density at radius 3 is 1.95 bits per heavy atom. The van der Waals surface area contributed by atoms with Crippen molar-refractivity contribution in [1.29, 1.82) is 0 Å². The van der Waals surface area contributed by atoms with Crippen molar-refractivity contribution in [2.24, 2.45) is 5.41 Å². The Bertz CT molecular complexity index is 1110. The molecule has 3 atom stereocenters. The molecule has 2 aromatic rings. The summed E-state index contributed by atoms with van der Waals surface area (Å²) in [5, 5.41) is 21.1. The van der Waals surface area contributed by atoms with E-state index in [1.807, 2.05) is 39.0 Å². The van der Waals surface area contributed by atoms with Gasteiger partial charge >= 0.3 is 6.09 Å². The van der Waals surface area contributed by atoms with Gasteiger partial charge in [-0.2, -0.15) is 0 Å². The number of hydrogen-bond donors (Lipinski definition) is 2. The van der Waals surface area contributed by atoms with Gasteiger partial charge in [0.2, 0.25) is 5.91 Å². The zero-order chi connectivity index (χ0) is 29.6. The van der Waals surface area contributed by atoms with Crippen molar-refractivity contribution >= 4 is 29.9 Å². The van der Waals surface area contributed by atoms with Crippen LogP contribution in [0.2, 0.25) is 0 Å². The minimum absolute atomic E-state index is 0.0574. The first-order valence-corrected chi connectivity index (χ1v) is 16.4. The predicted molar refractivity (Wildman–Crippen MR) is 164 cm³/mol. The molecule has 3 rings (SSSR count). The Hall–Kier alpha value is -2.85. The van der Waals surface area contributed by atoms with E-state index >= 15 is 0 Å². The molecule has 0 aromatic heterocycles. The number of benzene rings is 2. The molecule has 218 valence electrons. The van der Waals surface area contributed by atoms with E-state index < -0.39 is 30.4 Å². The van der Waals surface area contributed by atoms with Gasteiger partial charge in [-0.05, 0) is 69.7 Å². The van der Waals surface area contributed by atoms with Crippen LogP contribution in [0, 0.1) is 5.41 Å². The second kappa shape index (κ2) is 13.2. The van der Waals surface area contributed by atoms with Crippen LogP contribution in [-0.4, -0.2) is 41.5 Å². The lowest BCUT2D eigenvalue weighted by Gasteiger charge is -2.42. The normalized spacial score (nSPS) is 19.4. The van der Waals surface area contributed by atoms with Crippen LogP contribution in [0.25, 0.3) is 0 Å². The van der Waals surface area contributed by atoms with Crippen LogP contribution >= 0.6 is 7.26 Å². The van der Waals surface area contributed by atoms with E-state index in [0.717, 1.165) is 25.7 Å². The molecule has 2 amide bonds. The summed E-state index contributed by atoms with van der Waals surface area (Å²) in [6.45, 7) is 12.9. The number of nitrogens with one attached hydrogen (secondary N) is 2. The number of ether oxygens (including phenoxy) is 1. The van der Waals surface area contributed by atoms with Gasteiger partial charge in [-0.3, -0.25) is 4.79 Å². The van der Waals surface area contributed by atoms with Gasteiger partial charge in [-0.15, -0.1) is 5.76 Å². The zero-order valence-corrected chi connectivity index (χ0v) is 26.1. The predicted octanol–water partition coefficient (Wildman–Crippen LogP) is 5.29. The zero-order valence-electron chi connectivity index (χ0n) is 25.2. The summed E-state index contributed by atoms with van der Waals surface area (Å²) in [5.74, 6) is -0.146. The molecule has 2 aromatic carbocycles. The highest BCUT2D eigenvalue weighted by Gasteiger charge is 2.53. The molecule has 0 spiro atoms. The van der Waals surface area contributed by atoms with E-state index in [1.165, 1.54) is 10.6 Å². The smallest absolute Gasteiger partial charge is 0.408 e. The lowest BCUT2D eigenvalue weighted by Crippen LogP contribution is -2.59. The van der Waals surface area contributed by atoms with Crippen molar-refractivity contribution in [1.82, 2.24) is 10.6 Å². The maximum absolute atomic E-state index is 13.9. The van der Waals surface area contributed by atoms with Crippen LogP contribution < -0.4 is 26.3 Å². The van der Waals surface area contributed by atoms with Crippen LogP contribution in [0.3, 0.4) is 0 Å². The summed E-state index contributed by atoms with van der Waals surface area (Å²) in [6, 6.07) is 20.2. The Morgan fingerprint density at radius 2 is 1.48 bits per heavy atom. The number of amides is 2. The molecule has 0 radical (unpaired) electrons. The number of hydrogen-bond acceptors (Lipinski definition) is 4. The van der Waals surface area contributed by atoms with Gasteiger partial charge < -0.3 is 20.5 Å². The van der Waals surface area contributed by atoms with Crippen LogP contribution in [-0.2, 0) is 9.53 Å². The molecule has 1 saturated carbocycles. The van der Waals surface area contributed by atoms with E-state index in [0.29, 0.717) is 6.16 Å². The minimum atomic E-state index is -2.17. The van der Waals surface area contributed by atoms with Gasteiger partial charge in [0.1, 0.15) is 11.6 Å². The number of carbonyl (C=O) groups is 2. The first kappa shape index (κ1) is 31.7. The molecule has 0 aliphatic heterocycles. The molecule has 1 aliphatic carbocycles. The van der Waals surface area contributed by atoms with Crippen LogP contribution in [0.15, 0.2) is 72.5 Å². The fraction of sp³-hybridized carbons (Fsp3) is 0.515. The quantitative estimate of drug-likeness (QED) is 0.336. The van der Waals surface area contributed by atoms with Gasteiger partial charge in [0.15, 0.2) is 0 Å². The summed E-state index contributed by atoms with van der Waals surface area (Å²) in [5.41, 5.74) is -1.05. The first-order chi connectivity index (χ1) is 18.7. The topological polar surface area (TPSA) is 90.5 Å². The molecule has 1 aliphatic rings. The fourth-order valence-corrected chi connectivity index (χ4v) is 10.9. The van der Waals surface area contributed by atoms with E-state index in [9.17, 15) is 14.7 Å². The molecule has 1 fully saturated rings. The van der Waals surface area contributed by atoms with Crippen molar-refractivity contribution in [2.75, 3.05) is 6.16 Å². The van der Waals surface area contributed by atoms with E-state index in [4.69, 9.17) is 4.74 Å². The standard InChI is InChI=1S/C33H47N2O4P/c1-24(36)22-23-40(25-16-10-8-11-17-25,26-18-12-9-13-19-26)28-21-15-14-20-27(28)34-30(37)29(32(2,3)4)35-31(38)39-33(5,6)7/h8-13,16-19,22,27-29H,14-15,20-21,23H2,1-7H3,(H2-,34,35,36,37,38)/b24-22-/t27-,28-,29-/m1/s1. The highest BCUT2D eigenvalue weighted by Crippen LogP contribution is 2.64. The largest absolute Gasteiger partial charge is 0.876 e. The minimum Gasteiger partial charge on any atom is -0.876 e. The van der Waals surface area contributed by atoms with Gasteiger partial charge in [0, 0.05) is 0 Å². The maximum Gasteiger partial charge on any atom is 0.408 e. The van der Waals surface area contributed by atoms with Crippen LogP contribution in [0.4, 0.5) is 4.79 Å². The highest BCUT2D eigenvalue weighted by atomic mass is 31.2. The first-order valence-electron chi connectivity index (χ1n) is 14.4. The molecule has 0 heterocycles. The molecular formula is C33H47N2O4P. The van der Waals surface area contributed by atoms with Crippen molar-refractivity contribution < 1.29 is 19.4 Å². The molecule has 0 saturated heterocycles. The van der Waals surface area contributed by atoms with Crippen molar-refractivity contribution in [3.8, 4) is 0 Å². The second-order valence-corrected chi connectivity index (χ2v) is 16.7. The molecule has 2 N–H and O–H groups in total. The molecule has 0 unspecified atom stereocenters. The van der Waals surface area contributed by atoms with Crippen LogP contribution in [0.1, 0.15) is 74.1 Å². The molecule has 7 heteroatoms. The Kier molecular flexibility index (Phi) is 10.5. The number of carbonyl (C=O) groups excluding carboxylic acids is 2. The van der Waals surface area contributed by atoms with Crippen molar-refractivity contribution in [2.45, 2.75) is 97.5 Å². The lowest BCUT2D eigenvalue weighted by atomic mass is 9.85. The molecular weight excluding hydrogens is 519 g/mol. The van der Waals surface area contributed by atoms with Gasteiger partial charge in [0.05, 0.1) is 35.7 Å². The second-order valence-electron chi connectivity index (χ2n) is 12.9. The Balaban J connectivity index is 2.05. The highest BCUT2D eigenvalue weighted by molar-refractivity contribution is 7.90. The summed E-state index contributed by atoms with van der Waals surface area (Å²) in [6.07, 6.45) is 5.76. The average molecular weight is 567 g/mol. The van der Waals surface area contributed by atoms with E-state index in [-0.39, 0.29) is 23.4 Å². The molecule has 0 bridgehead atoms. The van der Waals surface area contributed by atoms with Crippen molar-refractivity contribution in [3.05, 3.63) is 72.5 Å². The molecule has 40 heavy (non-hydrogen) atoms. The maximum atomic E-state index is 13.9.